The van der Waals surface area contributed by atoms with Gasteiger partial charge in [-0.05, 0) is 6.07 Å². The lowest BCUT2D eigenvalue weighted by Crippen LogP contribution is -2.31. The number of aliphatic hydroxyl groups is 1. The topological polar surface area (TPSA) is 78.9 Å². The Hall–Kier alpha value is -1.90. The fraction of sp³-hybridized carbons (Fsp3) is 0.286. The first kappa shape index (κ1) is 18.4. The molecule has 0 aromatic heterocycles. The summed E-state index contributed by atoms with van der Waals surface area (Å²) in [6.45, 7) is -0.480. The van der Waals surface area contributed by atoms with Crippen molar-refractivity contribution in [1.82, 2.24) is 4.90 Å². The molecule has 1 aliphatic heterocycles. The summed E-state index contributed by atoms with van der Waals surface area (Å²) >= 11 is 11.1. The molecule has 0 atom stereocenters. The average Bonchev–Trinajstić information content (AvgIpc) is 2.87. The zero-order chi connectivity index (χ0) is 18.0. The van der Waals surface area contributed by atoms with Crippen LogP contribution < -0.4 is 5.32 Å². The van der Waals surface area contributed by atoms with Gasteiger partial charge >= 0.3 is 5.97 Å². The minimum atomic E-state index is -1.16. The predicted octanol–water partition coefficient (Wildman–Crippen LogP) is 1.95. The summed E-state index contributed by atoms with van der Waals surface area (Å²) in [4.78, 5) is 25.3. The number of hydrogen-bond acceptors (Lipinski definition) is 5. The number of benzene rings is 1. The largest absolute Gasteiger partial charge is 0.466 e. The molecular formula is C14H12Cl2F2N2O4. The number of ether oxygens (including phenoxy) is 1. The van der Waals surface area contributed by atoms with Crippen LogP contribution >= 0.6 is 23.2 Å². The van der Waals surface area contributed by atoms with Crippen LogP contribution in [0.5, 0.6) is 0 Å². The minimum absolute atomic E-state index is 0.0298. The molecule has 130 valence electrons. The Morgan fingerprint density at radius 1 is 1.42 bits per heavy atom. The van der Waals surface area contributed by atoms with Crippen molar-refractivity contribution in [2.75, 3.05) is 32.1 Å². The SMILES string of the molecule is COC(=O)C1=C(Nc2cc(Cl)c(F)c(Cl)c2F)C(=O)N(CCO)C1. The molecule has 10 heteroatoms. The van der Waals surface area contributed by atoms with Crippen molar-refractivity contribution < 1.29 is 28.2 Å². The number of nitrogens with zero attached hydrogens (tertiary/aromatic N) is 1. The summed E-state index contributed by atoms with van der Waals surface area (Å²) in [5, 5.41) is 10.1. The van der Waals surface area contributed by atoms with Gasteiger partial charge in [0, 0.05) is 6.54 Å². The van der Waals surface area contributed by atoms with Crippen LogP contribution in [0.1, 0.15) is 0 Å². The third-order valence-electron chi connectivity index (χ3n) is 3.32. The molecule has 0 saturated carbocycles. The van der Waals surface area contributed by atoms with E-state index in [1.807, 2.05) is 0 Å². The number of halogens is 4. The van der Waals surface area contributed by atoms with E-state index in [-0.39, 0.29) is 36.7 Å². The average molecular weight is 381 g/mol. The van der Waals surface area contributed by atoms with Crippen molar-refractivity contribution in [3.8, 4) is 0 Å². The van der Waals surface area contributed by atoms with Gasteiger partial charge < -0.3 is 20.1 Å². The number of nitrogens with one attached hydrogen (secondary N) is 1. The molecule has 0 saturated heterocycles. The molecule has 0 aliphatic carbocycles. The first-order valence-electron chi connectivity index (χ1n) is 6.63. The van der Waals surface area contributed by atoms with Crippen LogP contribution in [0.15, 0.2) is 17.3 Å². The molecule has 0 bridgehead atoms. The van der Waals surface area contributed by atoms with E-state index >= 15 is 0 Å². The molecular weight excluding hydrogens is 369 g/mol. The zero-order valence-corrected chi connectivity index (χ0v) is 13.8. The maximum Gasteiger partial charge on any atom is 0.337 e. The molecule has 6 nitrogen and oxygen atoms in total. The van der Waals surface area contributed by atoms with E-state index < -0.39 is 33.6 Å². The van der Waals surface area contributed by atoms with Gasteiger partial charge in [0.25, 0.3) is 5.91 Å². The van der Waals surface area contributed by atoms with Crippen molar-refractivity contribution in [1.29, 1.82) is 0 Å². The molecule has 1 aromatic carbocycles. The van der Waals surface area contributed by atoms with Crippen LogP contribution in [0.3, 0.4) is 0 Å². The third kappa shape index (κ3) is 3.31. The van der Waals surface area contributed by atoms with Gasteiger partial charge in [-0.25, -0.2) is 13.6 Å². The molecule has 2 N–H and O–H groups in total. The quantitative estimate of drug-likeness (QED) is 0.463. The molecule has 1 aromatic rings. The second-order valence-corrected chi connectivity index (χ2v) is 5.55. The summed E-state index contributed by atoms with van der Waals surface area (Å²) in [6.07, 6.45) is 0. The van der Waals surface area contributed by atoms with Crippen LogP contribution in [0, 0.1) is 11.6 Å². The van der Waals surface area contributed by atoms with Crippen molar-refractivity contribution in [3.63, 3.8) is 0 Å². The number of esters is 1. The second kappa shape index (κ2) is 7.33. The Morgan fingerprint density at radius 3 is 2.67 bits per heavy atom. The van der Waals surface area contributed by atoms with Gasteiger partial charge in [0.15, 0.2) is 11.6 Å². The highest BCUT2D eigenvalue weighted by Crippen LogP contribution is 2.33. The van der Waals surface area contributed by atoms with Gasteiger partial charge in [0.05, 0.1) is 36.5 Å². The van der Waals surface area contributed by atoms with E-state index in [4.69, 9.17) is 28.3 Å². The highest BCUT2D eigenvalue weighted by Gasteiger charge is 2.35. The minimum Gasteiger partial charge on any atom is -0.466 e. The number of methoxy groups -OCH3 is 1. The molecule has 2 rings (SSSR count). The van der Waals surface area contributed by atoms with E-state index in [0.717, 1.165) is 13.2 Å². The Morgan fingerprint density at radius 2 is 2.08 bits per heavy atom. The van der Waals surface area contributed by atoms with Gasteiger partial charge in [0.1, 0.15) is 10.7 Å². The Labute approximate surface area is 145 Å². The Bertz CT molecular complexity index is 740. The standard InChI is InChI=1S/C14H12Cl2F2N2O4/c1-24-14(23)6-5-20(2-3-21)13(22)12(6)19-8-4-7(15)10(17)9(16)11(8)18/h4,19,21H,2-3,5H2,1H3. The summed E-state index contributed by atoms with van der Waals surface area (Å²) in [6, 6.07) is 0.905. The van der Waals surface area contributed by atoms with Crippen LogP contribution in [0.2, 0.25) is 10.0 Å². The smallest absolute Gasteiger partial charge is 0.337 e. The van der Waals surface area contributed by atoms with Gasteiger partial charge in [-0.3, -0.25) is 4.79 Å². The molecule has 24 heavy (non-hydrogen) atoms. The number of carbonyl (C=O) groups excluding carboxylic acids is 2. The lowest BCUT2D eigenvalue weighted by molar-refractivity contribution is -0.136. The van der Waals surface area contributed by atoms with Gasteiger partial charge in [-0.15, -0.1) is 0 Å². The summed E-state index contributed by atoms with van der Waals surface area (Å²) in [5.41, 5.74) is -0.693. The highest BCUT2D eigenvalue weighted by molar-refractivity contribution is 6.35. The summed E-state index contributed by atoms with van der Waals surface area (Å²) in [7, 11) is 1.12. The van der Waals surface area contributed by atoms with Crippen molar-refractivity contribution >= 4 is 40.8 Å². The van der Waals surface area contributed by atoms with E-state index in [1.54, 1.807) is 0 Å². The first-order valence-corrected chi connectivity index (χ1v) is 7.39. The van der Waals surface area contributed by atoms with E-state index in [9.17, 15) is 18.4 Å². The molecule has 0 radical (unpaired) electrons. The van der Waals surface area contributed by atoms with Crippen LogP contribution in [-0.2, 0) is 14.3 Å². The number of hydrogen-bond donors (Lipinski definition) is 2. The van der Waals surface area contributed by atoms with Crippen molar-refractivity contribution in [3.05, 3.63) is 39.0 Å². The summed E-state index contributed by atoms with van der Waals surface area (Å²) in [5.74, 6) is -3.75. The number of amides is 1. The molecule has 0 spiro atoms. The number of β-amino-alcohol motifs (C(OH)–C–C–N with tert-alkyl or cyclic N) is 1. The molecule has 0 fully saturated rings. The molecule has 0 unspecified atom stereocenters. The molecule has 1 amide bonds. The van der Waals surface area contributed by atoms with Crippen LogP contribution in [0.4, 0.5) is 14.5 Å². The van der Waals surface area contributed by atoms with Crippen LogP contribution in [-0.4, -0.2) is 48.7 Å². The Balaban J connectivity index is 2.45. The number of anilines is 1. The second-order valence-electron chi connectivity index (χ2n) is 4.77. The highest BCUT2D eigenvalue weighted by atomic mass is 35.5. The van der Waals surface area contributed by atoms with Gasteiger partial charge in [-0.2, -0.15) is 0 Å². The normalized spacial score (nSPS) is 14.4. The number of rotatable bonds is 5. The number of carbonyl (C=O) groups is 2. The van der Waals surface area contributed by atoms with Gasteiger partial charge in [0.2, 0.25) is 0 Å². The van der Waals surface area contributed by atoms with E-state index in [0.29, 0.717) is 0 Å². The van der Waals surface area contributed by atoms with E-state index in [2.05, 4.69) is 10.1 Å². The fourth-order valence-electron chi connectivity index (χ4n) is 2.15. The summed E-state index contributed by atoms with van der Waals surface area (Å²) < 4.78 is 32.1. The maximum absolute atomic E-state index is 14.1. The Kier molecular flexibility index (Phi) is 5.63. The lowest BCUT2D eigenvalue weighted by Gasteiger charge is -2.15. The number of aliphatic hydroxyl groups excluding tert-OH is 1. The lowest BCUT2D eigenvalue weighted by atomic mass is 10.2. The van der Waals surface area contributed by atoms with Crippen molar-refractivity contribution in [2.24, 2.45) is 0 Å². The zero-order valence-electron chi connectivity index (χ0n) is 12.3. The first-order chi connectivity index (χ1) is 11.3. The fourth-order valence-corrected chi connectivity index (χ4v) is 2.60. The monoisotopic (exact) mass is 380 g/mol. The van der Waals surface area contributed by atoms with Crippen LogP contribution in [0.25, 0.3) is 0 Å². The predicted molar refractivity (Wildman–Crippen MR) is 82.7 cm³/mol. The molecule has 1 heterocycles. The van der Waals surface area contributed by atoms with E-state index in [1.165, 1.54) is 4.90 Å². The maximum atomic E-state index is 14.1. The third-order valence-corrected chi connectivity index (χ3v) is 3.92. The molecule has 1 aliphatic rings. The van der Waals surface area contributed by atoms with Crippen molar-refractivity contribution in [2.45, 2.75) is 0 Å². The van der Waals surface area contributed by atoms with Gasteiger partial charge in [-0.1, -0.05) is 23.2 Å².